The highest BCUT2D eigenvalue weighted by Crippen LogP contribution is 2.32. The molecule has 0 spiro atoms. The van der Waals surface area contributed by atoms with Crippen LogP contribution in [-0.4, -0.2) is 37.7 Å². The third-order valence-corrected chi connectivity index (χ3v) is 4.01. The Bertz CT molecular complexity index is 678. The zero-order valence-corrected chi connectivity index (χ0v) is 13.0. The smallest absolute Gasteiger partial charge is 0.340 e. The van der Waals surface area contributed by atoms with Gasteiger partial charge in [0.25, 0.3) is 0 Å². The number of imidazole rings is 1. The van der Waals surface area contributed by atoms with Gasteiger partial charge in [0.1, 0.15) is 5.82 Å². The number of hydrogen-bond acceptors (Lipinski definition) is 5. The molecule has 23 heavy (non-hydrogen) atoms. The van der Waals surface area contributed by atoms with Crippen molar-refractivity contribution in [1.29, 1.82) is 0 Å². The van der Waals surface area contributed by atoms with Gasteiger partial charge in [-0.3, -0.25) is 4.90 Å². The monoisotopic (exact) mass is 329 g/mol. The van der Waals surface area contributed by atoms with Crippen molar-refractivity contribution >= 4 is 0 Å². The first-order chi connectivity index (χ1) is 10.8. The van der Waals surface area contributed by atoms with E-state index in [2.05, 4.69) is 20.0 Å². The normalized spacial score (nSPS) is 20.1. The van der Waals surface area contributed by atoms with Gasteiger partial charge in [-0.15, -0.1) is 0 Å². The minimum atomic E-state index is -4.41. The number of hydrogen-bond donors (Lipinski definition) is 0. The molecule has 1 aliphatic heterocycles. The standard InChI is InChI=1S/C14H18F3N5O/c1-9-18-12(20-23-9)8-22-5-3-4-10(6-22)13-19-11(7-21(13)2)14(15,16)17/h7,10H,3-6,8H2,1-2H3/t10-/m1/s1. The van der Waals surface area contributed by atoms with E-state index in [0.29, 0.717) is 30.6 Å². The minimum Gasteiger partial charge on any atom is -0.340 e. The molecule has 1 fully saturated rings. The molecule has 0 saturated carbocycles. The molecular formula is C14H18F3N5O. The van der Waals surface area contributed by atoms with Crippen LogP contribution < -0.4 is 0 Å². The van der Waals surface area contributed by atoms with Crippen LogP contribution in [0, 0.1) is 6.92 Å². The van der Waals surface area contributed by atoms with Gasteiger partial charge in [-0.05, 0) is 19.4 Å². The first-order valence-electron chi connectivity index (χ1n) is 7.45. The molecule has 1 atom stereocenters. The molecule has 126 valence electrons. The molecule has 1 aliphatic rings. The number of rotatable bonds is 3. The molecule has 0 amide bonds. The summed E-state index contributed by atoms with van der Waals surface area (Å²) in [6, 6.07) is 0. The Balaban J connectivity index is 1.72. The van der Waals surface area contributed by atoms with E-state index >= 15 is 0 Å². The Morgan fingerprint density at radius 2 is 2.13 bits per heavy atom. The molecule has 3 heterocycles. The zero-order chi connectivity index (χ0) is 16.6. The van der Waals surface area contributed by atoms with Crippen molar-refractivity contribution in [3.05, 3.63) is 29.4 Å². The highest BCUT2D eigenvalue weighted by molar-refractivity contribution is 5.12. The quantitative estimate of drug-likeness (QED) is 0.866. The van der Waals surface area contributed by atoms with Crippen LogP contribution in [0.25, 0.3) is 0 Å². The Morgan fingerprint density at radius 1 is 1.35 bits per heavy atom. The second-order valence-corrected chi connectivity index (χ2v) is 5.90. The lowest BCUT2D eigenvalue weighted by Crippen LogP contribution is -2.35. The molecule has 0 N–H and O–H groups in total. The summed E-state index contributed by atoms with van der Waals surface area (Å²) in [6.45, 7) is 3.75. The highest BCUT2D eigenvalue weighted by atomic mass is 19.4. The summed E-state index contributed by atoms with van der Waals surface area (Å²) in [5.74, 6) is 1.55. The van der Waals surface area contributed by atoms with Gasteiger partial charge in [-0.25, -0.2) is 4.98 Å². The van der Waals surface area contributed by atoms with Gasteiger partial charge in [-0.1, -0.05) is 5.16 Å². The van der Waals surface area contributed by atoms with E-state index in [1.165, 1.54) is 4.57 Å². The maximum absolute atomic E-state index is 12.8. The van der Waals surface area contributed by atoms with Crippen LogP contribution >= 0.6 is 0 Å². The van der Waals surface area contributed by atoms with Crippen molar-refractivity contribution < 1.29 is 17.7 Å². The maximum Gasteiger partial charge on any atom is 0.434 e. The minimum absolute atomic E-state index is 0.0298. The fourth-order valence-electron chi connectivity index (χ4n) is 3.01. The predicted octanol–water partition coefficient (Wildman–Crippen LogP) is 2.51. The highest BCUT2D eigenvalue weighted by Gasteiger charge is 2.36. The Morgan fingerprint density at radius 3 is 2.74 bits per heavy atom. The van der Waals surface area contributed by atoms with Crippen molar-refractivity contribution in [1.82, 2.24) is 24.6 Å². The summed E-state index contributed by atoms with van der Waals surface area (Å²) in [5, 5.41) is 3.86. The molecule has 2 aromatic heterocycles. The van der Waals surface area contributed by atoms with Gasteiger partial charge in [0.2, 0.25) is 5.89 Å². The van der Waals surface area contributed by atoms with E-state index in [4.69, 9.17) is 4.52 Å². The second-order valence-electron chi connectivity index (χ2n) is 5.90. The molecule has 0 bridgehead atoms. The lowest BCUT2D eigenvalue weighted by Gasteiger charge is -2.31. The number of halogens is 3. The summed E-state index contributed by atoms with van der Waals surface area (Å²) in [5.41, 5.74) is -0.832. The second kappa shape index (κ2) is 5.95. The molecule has 0 aromatic carbocycles. The molecule has 2 aromatic rings. The van der Waals surface area contributed by atoms with Crippen LogP contribution in [0.2, 0.25) is 0 Å². The van der Waals surface area contributed by atoms with Gasteiger partial charge in [0.05, 0.1) is 6.54 Å². The van der Waals surface area contributed by atoms with E-state index < -0.39 is 11.9 Å². The SMILES string of the molecule is Cc1nc(CN2CCC[C@@H](c3nc(C(F)(F)F)cn3C)C2)no1. The molecule has 3 rings (SSSR count). The number of nitrogens with zero attached hydrogens (tertiary/aromatic N) is 5. The first kappa shape index (κ1) is 16.0. The van der Waals surface area contributed by atoms with Gasteiger partial charge >= 0.3 is 6.18 Å². The summed E-state index contributed by atoms with van der Waals surface area (Å²) in [4.78, 5) is 10.1. The molecule has 0 unspecified atom stereocenters. The Hall–Kier alpha value is -1.90. The van der Waals surface area contributed by atoms with Crippen molar-refractivity contribution in [3.63, 3.8) is 0 Å². The van der Waals surface area contributed by atoms with E-state index in [1.807, 2.05) is 0 Å². The molecule has 0 aliphatic carbocycles. The lowest BCUT2D eigenvalue weighted by molar-refractivity contribution is -0.141. The zero-order valence-electron chi connectivity index (χ0n) is 13.0. The average molecular weight is 329 g/mol. The van der Waals surface area contributed by atoms with Crippen molar-refractivity contribution in [2.24, 2.45) is 7.05 Å². The molecule has 9 heteroatoms. The predicted molar refractivity (Wildman–Crippen MR) is 74.5 cm³/mol. The van der Waals surface area contributed by atoms with Crippen LogP contribution in [0.1, 0.15) is 42.0 Å². The van der Waals surface area contributed by atoms with Gasteiger partial charge in [0.15, 0.2) is 11.5 Å². The number of likely N-dealkylation sites (tertiary alicyclic amines) is 1. The Kier molecular flexibility index (Phi) is 4.13. The van der Waals surface area contributed by atoms with Crippen molar-refractivity contribution in [2.75, 3.05) is 13.1 Å². The van der Waals surface area contributed by atoms with Crippen LogP contribution in [0.15, 0.2) is 10.7 Å². The van der Waals surface area contributed by atoms with Crippen LogP contribution in [0.3, 0.4) is 0 Å². The summed E-state index contributed by atoms with van der Waals surface area (Å²) in [7, 11) is 1.61. The molecule has 0 radical (unpaired) electrons. The van der Waals surface area contributed by atoms with Gasteiger partial charge in [0, 0.05) is 32.6 Å². The summed E-state index contributed by atoms with van der Waals surface area (Å²) >= 11 is 0. The van der Waals surface area contributed by atoms with Crippen LogP contribution in [-0.2, 0) is 19.8 Å². The fraction of sp³-hybridized carbons (Fsp3) is 0.643. The third kappa shape index (κ3) is 3.54. The van der Waals surface area contributed by atoms with E-state index in [0.717, 1.165) is 25.6 Å². The van der Waals surface area contributed by atoms with E-state index in [9.17, 15) is 13.2 Å². The summed E-state index contributed by atoms with van der Waals surface area (Å²) in [6.07, 6.45) is -1.64. The van der Waals surface area contributed by atoms with Crippen LogP contribution in [0.5, 0.6) is 0 Å². The Labute approximate surface area is 131 Å². The number of piperidine rings is 1. The maximum atomic E-state index is 12.8. The third-order valence-electron chi connectivity index (χ3n) is 4.01. The molecule has 1 saturated heterocycles. The molecular weight excluding hydrogens is 311 g/mol. The lowest BCUT2D eigenvalue weighted by atomic mass is 9.97. The van der Waals surface area contributed by atoms with Gasteiger partial charge < -0.3 is 9.09 Å². The van der Waals surface area contributed by atoms with E-state index in [-0.39, 0.29) is 5.92 Å². The van der Waals surface area contributed by atoms with Crippen molar-refractivity contribution in [3.8, 4) is 0 Å². The number of alkyl halides is 3. The fourth-order valence-corrected chi connectivity index (χ4v) is 3.01. The largest absolute Gasteiger partial charge is 0.434 e. The number of aromatic nitrogens is 4. The summed E-state index contributed by atoms with van der Waals surface area (Å²) < 4.78 is 44.8. The van der Waals surface area contributed by atoms with Crippen molar-refractivity contribution in [2.45, 2.75) is 38.4 Å². The first-order valence-corrected chi connectivity index (χ1v) is 7.45. The number of aryl methyl sites for hydroxylation is 2. The molecule has 6 nitrogen and oxygen atoms in total. The average Bonchev–Trinajstić information content (AvgIpc) is 3.05. The van der Waals surface area contributed by atoms with Crippen LogP contribution in [0.4, 0.5) is 13.2 Å². The van der Waals surface area contributed by atoms with Gasteiger partial charge in [-0.2, -0.15) is 18.2 Å². The topological polar surface area (TPSA) is 60.0 Å². The van der Waals surface area contributed by atoms with E-state index in [1.54, 1.807) is 14.0 Å².